The first-order valence-electron chi connectivity index (χ1n) is 8.40. The third kappa shape index (κ3) is 2.01. The normalized spacial score (nSPS) is 18.5. The van der Waals surface area contributed by atoms with Crippen molar-refractivity contribution in [3.05, 3.63) is 59.8 Å². The summed E-state index contributed by atoms with van der Waals surface area (Å²) in [6.45, 7) is 9.23. The number of rotatable bonds is 1. The van der Waals surface area contributed by atoms with Crippen LogP contribution < -0.4 is 0 Å². The molecule has 4 rings (SSSR count). The van der Waals surface area contributed by atoms with Crippen LogP contribution in [0.5, 0.6) is 5.75 Å². The maximum absolute atomic E-state index is 10.6. The summed E-state index contributed by atoms with van der Waals surface area (Å²) in [5, 5.41) is 11.5. The van der Waals surface area contributed by atoms with E-state index in [0.717, 1.165) is 22.2 Å². The van der Waals surface area contributed by atoms with Gasteiger partial charge in [-0.05, 0) is 38.1 Å². The first-order valence-corrected chi connectivity index (χ1v) is 8.40. The standard InChI is InChI=1S/C21H23NO2/c1-20(2)13-24-21(3,4)18-17-15(11-8-12-16(17)23)22(19(18)20)14-9-6-5-7-10-14/h5-12,23H,13H2,1-4H3. The zero-order chi connectivity index (χ0) is 17.1. The lowest BCUT2D eigenvalue weighted by molar-refractivity contribution is -0.0590. The average Bonchev–Trinajstić information content (AvgIpc) is 2.92. The van der Waals surface area contributed by atoms with Crippen LogP contribution in [0, 0.1) is 0 Å². The van der Waals surface area contributed by atoms with Crippen molar-refractivity contribution in [2.75, 3.05) is 6.61 Å². The number of benzene rings is 2. The molecule has 3 nitrogen and oxygen atoms in total. The molecule has 0 spiro atoms. The lowest BCUT2D eigenvalue weighted by atomic mass is 9.79. The third-order valence-corrected chi connectivity index (χ3v) is 5.02. The Labute approximate surface area is 142 Å². The van der Waals surface area contributed by atoms with Gasteiger partial charge in [-0.3, -0.25) is 0 Å². The molecule has 0 bridgehead atoms. The average molecular weight is 321 g/mol. The molecular weight excluding hydrogens is 298 g/mol. The van der Waals surface area contributed by atoms with Gasteiger partial charge >= 0.3 is 0 Å². The summed E-state index contributed by atoms with van der Waals surface area (Å²) in [6.07, 6.45) is 0. The van der Waals surface area contributed by atoms with Gasteiger partial charge in [0.25, 0.3) is 0 Å². The van der Waals surface area contributed by atoms with Crippen molar-refractivity contribution in [2.24, 2.45) is 0 Å². The van der Waals surface area contributed by atoms with Gasteiger partial charge in [-0.25, -0.2) is 0 Å². The molecular formula is C21H23NO2. The van der Waals surface area contributed by atoms with E-state index in [9.17, 15) is 5.11 Å². The molecule has 0 saturated carbocycles. The second kappa shape index (κ2) is 4.87. The highest BCUT2D eigenvalue weighted by Gasteiger charge is 2.43. The number of phenolic OH excluding ortho intramolecular Hbond substituents is 1. The van der Waals surface area contributed by atoms with E-state index in [2.05, 4.69) is 50.5 Å². The molecule has 2 heterocycles. The first-order chi connectivity index (χ1) is 11.3. The maximum atomic E-state index is 10.6. The lowest BCUT2D eigenvalue weighted by Crippen LogP contribution is -2.40. The van der Waals surface area contributed by atoms with Gasteiger partial charge in [0, 0.05) is 27.7 Å². The number of hydrogen-bond acceptors (Lipinski definition) is 2. The van der Waals surface area contributed by atoms with Gasteiger partial charge in [0.15, 0.2) is 0 Å². The smallest absolute Gasteiger partial charge is 0.125 e. The minimum Gasteiger partial charge on any atom is -0.507 e. The fourth-order valence-corrected chi connectivity index (χ4v) is 3.90. The monoisotopic (exact) mass is 321 g/mol. The molecule has 3 heteroatoms. The van der Waals surface area contributed by atoms with Crippen LogP contribution in [-0.4, -0.2) is 16.3 Å². The Kier molecular flexibility index (Phi) is 3.10. The van der Waals surface area contributed by atoms with E-state index in [-0.39, 0.29) is 5.41 Å². The number of ether oxygens (including phenoxy) is 1. The molecule has 0 unspecified atom stereocenters. The minimum absolute atomic E-state index is 0.147. The van der Waals surface area contributed by atoms with E-state index >= 15 is 0 Å². The van der Waals surface area contributed by atoms with E-state index in [1.165, 1.54) is 5.69 Å². The third-order valence-electron chi connectivity index (χ3n) is 5.02. The number of aromatic hydroxyl groups is 1. The first kappa shape index (κ1) is 15.3. The van der Waals surface area contributed by atoms with Crippen LogP contribution in [0.25, 0.3) is 16.6 Å². The summed E-state index contributed by atoms with van der Waals surface area (Å²) < 4.78 is 8.48. The number of fused-ring (bicyclic) bond motifs is 3. The molecule has 1 N–H and O–H groups in total. The number of nitrogens with zero attached hydrogens (tertiary/aromatic N) is 1. The second-order valence-electron chi connectivity index (χ2n) is 7.75. The zero-order valence-corrected chi connectivity index (χ0v) is 14.6. The van der Waals surface area contributed by atoms with Crippen LogP contribution in [0.15, 0.2) is 48.5 Å². The number of para-hydroxylation sites is 1. The summed E-state index contributed by atoms with van der Waals surface area (Å²) in [7, 11) is 0. The topological polar surface area (TPSA) is 34.4 Å². The molecule has 24 heavy (non-hydrogen) atoms. The van der Waals surface area contributed by atoms with E-state index in [1.807, 2.05) is 24.3 Å². The number of phenols is 1. The summed E-state index contributed by atoms with van der Waals surface area (Å²) in [4.78, 5) is 0. The molecule has 124 valence electrons. The summed E-state index contributed by atoms with van der Waals surface area (Å²) in [6, 6.07) is 16.1. The Morgan fingerprint density at radius 1 is 0.958 bits per heavy atom. The molecule has 0 aliphatic carbocycles. The predicted molar refractivity (Wildman–Crippen MR) is 96.9 cm³/mol. The van der Waals surface area contributed by atoms with Crippen LogP contribution in [0.4, 0.5) is 0 Å². The second-order valence-corrected chi connectivity index (χ2v) is 7.75. The van der Waals surface area contributed by atoms with Crippen molar-refractivity contribution in [2.45, 2.75) is 38.7 Å². The van der Waals surface area contributed by atoms with E-state index < -0.39 is 5.60 Å². The van der Waals surface area contributed by atoms with Gasteiger partial charge in [0.2, 0.25) is 0 Å². The van der Waals surface area contributed by atoms with Crippen molar-refractivity contribution in [3.63, 3.8) is 0 Å². The Bertz CT molecular complexity index is 920. The fourth-order valence-electron chi connectivity index (χ4n) is 3.90. The van der Waals surface area contributed by atoms with Crippen molar-refractivity contribution in [1.82, 2.24) is 4.57 Å². The van der Waals surface area contributed by atoms with Gasteiger partial charge in [0.1, 0.15) is 5.75 Å². The van der Waals surface area contributed by atoms with Gasteiger partial charge in [-0.15, -0.1) is 0 Å². The Morgan fingerprint density at radius 3 is 2.38 bits per heavy atom. The summed E-state index contributed by atoms with van der Waals surface area (Å²) >= 11 is 0. The quantitative estimate of drug-likeness (QED) is 0.693. The minimum atomic E-state index is -0.442. The van der Waals surface area contributed by atoms with Crippen molar-refractivity contribution in [1.29, 1.82) is 0 Å². The SMILES string of the molecule is CC1(C)COC(C)(C)c2c1n(-c1ccccc1)c1cccc(O)c21. The summed E-state index contributed by atoms with van der Waals surface area (Å²) in [5.74, 6) is 0.313. The fraction of sp³-hybridized carbons (Fsp3) is 0.333. The number of aromatic nitrogens is 1. The molecule has 1 aliphatic rings. The van der Waals surface area contributed by atoms with Crippen molar-refractivity contribution >= 4 is 10.9 Å². The molecule has 3 aromatic rings. The molecule has 0 amide bonds. The Morgan fingerprint density at radius 2 is 1.67 bits per heavy atom. The number of hydrogen-bond donors (Lipinski definition) is 1. The maximum Gasteiger partial charge on any atom is 0.125 e. The predicted octanol–water partition coefficient (Wildman–Crippen LogP) is 4.88. The van der Waals surface area contributed by atoms with Crippen molar-refractivity contribution < 1.29 is 9.84 Å². The van der Waals surface area contributed by atoms with Gasteiger partial charge in [-0.2, -0.15) is 0 Å². The molecule has 0 atom stereocenters. The highest BCUT2D eigenvalue weighted by Crippen LogP contribution is 2.49. The zero-order valence-electron chi connectivity index (χ0n) is 14.6. The lowest BCUT2D eigenvalue weighted by Gasteiger charge is -2.40. The molecule has 1 aromatic heterocycles. The van der Waals surface area contributed by atoms with Crippen LogP contribution in [-0.2, 0) is 15.8 Å². The van der Waals surface area contributed by atoms with Crippen LogP contribution in [0.2, 0.25) is 0 Å². The van der Waals surface area contributed by atoms with Crippen LogP contribution >= 0.6 is 0 Å². The molecule has 0 fully saturated rings. The Hall–Kier alpha value is -2.26. The largest absolute Gasteiger partial charge is 0.507 e. The van der Waals surface area contributed by atoms with E-state index in [1.54, 1.807) is 6.07 Å². The molecule has 0 radical (unpaired) electrons. The highest BCUT2D eigenvalue weighted by molar-refractivity contribution is 5.93. The highest BCUT2D eigenvalue weighted by atomic mass is 16.5. The van der Waals surface area contributed by atoms with Crippen LogP contribution in [0.1, 0.15) is 39.0 Å². The van der Waals surface area contributed by atoms with E-state index in [4.69, 9.17) is 4.74 Å². The van der Waals surface area contributed by atoms with Gasteiger partial charge in [-0.1, -0.05) is 38.1 Å². The van der Waals surface area contributed by atoms with Gasteiger partial charge in [0.05, 0.1) is 17.7 Å². The van der Waals surface area contributed by atoms with Crippen molar-refractivity contribution in [3.8, 4) is 11.4 Å². The molecule has 1 aliphatic heterocycles. The van der Waals surface area contributed by atoms with Gasteiger partial charge < -0.3 is 14.4 Å². The molecule has 2 aromatic carbocycles. The van der Waals surface area contributed by atoms with E-state index in [0.29, 0.717) is 12.4 Å². The van der Waals surface area contributed by atoms with Crippen LogP contribution in [0.3, 0.4) is 0 Å². The molecule has 0 saturated heterocycles. The Balaban J connectivity index is 2.23. The summed E-state index contributed by atoms with van der Waals surface area (Å²) in [5.41, 5.74) is 3.86.